The molecule has 0 unspecified atom stereocenters. The quantitative estimate of drug-likeness (QED) is 0.194. The summed E-state index contributed by atoms with van der Waals surface area (Å²) in [6.07, 6.45) is 0. The second kappa shape index (κ2) is 9.45. The number of hydrogen-bond donors (Lipinski definition) is 0. The van der Waals surface area contributed by atoms with Gasteiger partial charge >= 0.3 is 0 Å². The number of benzene rings is 6. The molecule has 0 saturated carbocycles. The van der Waals surface area contributed by atoms with E-state index >= 15 is 0 Å². The van der Waals surface area contributed by atoms with Crippen molar-refractivity contribution >= 4 is 65.9 Å². The highest BCUT2D eigenvalue weighted by atomic mass is 32.2. The predicted molar refractivity (Wildman–Crippen MR) is 187 cm³/mol. The lowest BCUT2D eigenvalue weighted by atomic mass is 9.87. The van der Waals surface area contributed by atoms with E-state index in [9.17, 15) is 0 Å². The van der Waals surface area contributed by atoms with Crippen molar-refractivity contribution in [3.8, 4) is 22.3 Å². The fourth-order valence-electron chi connectivity index (χ4n) is 6.35. The number of nitrogens with zero attached hydrogens (tertiary/aromatic N) is 2. The van der Waals surface area contributed by atoms with Crippen LogP contribution in [-0.2, 0) is 0 Å². The summed E-state index contributed by atoms with van der Waals surface area (Å²) in [6, 6.07) is 36.3. The zero-order valence-corrected chi connectivity index (χ0v) is 26.0. The van der Waals surface area contributed by atoms with Crippen LogP contribution in [0.3, 0.4) is 0 Å². The average Bonchev–Trinajstić information content (AvgIpc) is 3.56. The topological polar surface area (TPSA) is 24.7 Å². The van der Waals surface area contributed by atoms with E-state index in [0.717, 1.165) is 21.6 Å². The van der Waals surface area contributed by atoms with Gasteiger partial charge in [-0.25, -0.2) is 0 Å². The molecule has 6 aromatic carbocycles. The van der Waals surface area contributed by atoms with Crippen LogP contribution < -0.4 is 0 Å². The minimum Gasteiger partial charge on any atom is -0.271 e. The van der Waals surface area contributed by atoms with Crippen LogP contribution in [0.1, 0.15) is 38.8 Å². The predicted octanol–water partition coefficient (Wildman–Crippen LogP) is 10.5. The Balaban J connectivity index is 1.22. The van der Waals surface area contributed by atoms with Gasteiger partial charge in [-0.1, -0.05) is 97.1 Å². The van der Waals surface area contributed by atoms with Crippen molar-refractivity contribution in [2.45, 2.75) is 38.8 Å². The first-order valence-corrected chi connectivity index (χ1v) is 16.6. The van der Waals surface area contributed by atoms with Crippen LogP contribution in [0.25, 0.3) is 54.6 Å². The van der Waals surface area contributed by atoms with Crippen molar-refractivity contribution < 1.29 is 0 Å². The number of hydrogen-bond acceptors (Lipinski definition) is 4. The Bertz CT molecular complexity index is 1910. The molecule has 0 spiro atoms. The lowest BCUT2D eigenvalue weighted by Gasteiger charge is -2.17. The van der Waals surface area contributed by atoms with Crippen molar-refractivity contribution in [2.75, 3.05) is 11.5 Å². The van der Waals surface area contributed by atoms with E-state index in [2.05, 4.69) is 125 Å². The minimum absolute atomic E-state index is 0.0205. The van der Waals surface area contributed by atoms with Gasteiger partial charge in [0.05, 0.1) is 21.2 Å². The second-order valence-electron chi connectivity index (χ2n) is 12.8. The Kier molecular flexibility index (Phi) is 5.87. The lowest BCUT2D eigenvalue weighted by molar-refractivity contribution is 0.605. The Morgan fingerprint density at radius 2 is 0.810 bits per heavy atom. The summed E-state index contributed by atoms with van der Waals surface area (Å²) in [5.74, 6) is 2.08. The molecule has 2 aliphatic heterocycles. The standard InChI is InChI=1S/C38H32N2S2/c1-37(2)21-41-35(39-37)27-9-5-23(6-10-27)29-17-13-25-16-20-32-30(18-14-26-15-19-31(29)33(25)34(26)32)24-7-11-28(12-8-24)36-40-38(3,4)22-42-36/h5-20H,21-22H2,1-4H3. The largest absolute Gasteiger partial charge is 0.271 e. The van der Waals surface area contributed by atoms with Gasteiger partial charge in [-0.15, -0.1) is 23.5 Å². The summed E-state index contributed by atoms with van der Waals surface area (Å²) in [7, 11) is 0. The smallest absolute Gasteiger partial charge is 0.0984 e. The van der Waals surface area contributed by atoms with Gasteiger partial charge in [0.15, 0.2) is 0 Å². The highest BCUT2D eigenvalue weighted by Crippen LogP contribution is 2.43. The second-order valence-corrected chi connectivity index (χ2v) is 14.8. The van der Waals surface area contributed by atoms with E-state index in [4.69, 9.17) is 9.98 Å². The number of rotatable bonds is 4. The first-order valence-electron chi connectivity index (χ1n) is 14.6. The highest BCUT2D eigenvalue weighted by molar-refractivity contribution is 8.15. The first-order chi connectivity index (χ1) is 20.2. The van der Waals surface area contributed by atoms with Crippen molar-refractivity contribution in [2.24, 2.45) is 9.98 Å². The molecule has 0 aliphatic carbocycles. The van der Waals surface area contributed by atoms with Gasteiger partial charge in [0.25, 0.3) is 0 Å². The number of thioether (sulfide) groups is 2. The molecule has 0 fully saturated rings. The average molecular weight is 581 g/mol. The Morgan fingerprint density at radius 1 is 0.452 bits per heavy atom. The van der Waals surface area contributed by atoms with Crippen LogP contribution in [0.15, 0.2) is 107 Å². The molecule has 0 N–H and O–H groups in total. The molecular formula is C38H32N2S2. The van der Waals surface area contributed by atoms with E-state index in [1.165, 1.54) is 65.7 Å². The first kappa shape index (κ1) is 26.1. The third-order valence-electron chi connectivity index (χ3n) is 8.48. The van der Waals surface area contributed by atoms with Gasteiger partial charge in [0.2, 0.25) is 0 Å². The monoisotopic (exact) mass is 580 g/mol. The fourth-order valence-corrected chi connectivity index (χ4v) is 8.69. The third-order valence-corrected chi connectivity index (χ3v) is 11.4. The molecule has 0 bridgehead atoms. The van der Waals surface area contributed by atoms with E-state index in [1.807, 2.05) is 23.5 Å². The molecule has 0 aromatic heterocycles. The van der Waals surface area contributed by atoms with Gasteiger partial charge in [-0.2, -0.15) is 0 Å². The maximum absolute atomic E-state index is 4.93. The zero-order valence-electron chi connectivity index (χ0n) is 24.4. The summed E-state index contributed by atoms with van der Waals surface area (Å²) < 4.78 is 0. The van der Waals surface area contributed by atoms with Gasteiger partial charge in [0, 0.05) is 22.6 Å². The normalized spacial score (nSPS) is 17.8. The zero-order chi connectivity index (χ0) is 28.6. The van der Waals surface area contributed by atoms with E-state index < -0.39 is 0 Å². The van der Waals surface area contributed by atoms with Crippen molar-refractivity contribution in [3.05, 3.63) is 108 Å². The van der Waals surface area contributed by atoms with Gasteiger partial charge in [0.1, 0.15) is 0 Å². The molecule has 0 radical (unpaired) electrons. The van der Waals surface area contributed by atoms with Crippen LogP contribution in [0, 0.1) is 0 Å². The minimum atomic E-state index is 0.0205. The molecule has 0 atom stereocenters. The van der Waals surface area contributed by atoms with Crippen LogP contribution >= 0.6 is 23.5 Å². The Hall–Kier alpha value is -3.60. The van der Waals surface area contributed by atoms with Crippen molar-refractivity contribution in [1.82, 2.24) is 0 Å². The summed E-state index contributed by atoms with van der Waals surface area (Å²) >= 11 is 3.72. The molecule has 2 nitrogen and oxygen atoms in total. The summed E-state index contributed by atoms with van der Waals surface area (Å²) in [5.41, 5.74) is 7.50. The van der Waals surface area contributed by atoms with Crippen LogP contribution in [-0.4, -0.2) is 32.7 Å². The molecule has 8 rings (SSSR count). The van der Waals surface area contributed by atoms with Crippen LogP contribution in [0.5, 0.6) is 0 Å². The summed E-state index contributed by atoms with van der Waals surface area (Å²) in [5, 5.41) is 10.2. The van der Waals surface area contributed by atoms with Crippen molar-refractivity contribution in [3.63, 3.8) is 0 Å². The number of aliphatic imine (C=N–C) groups is 2. The van der Waals surface area contributed by atoms with Crippen LogP contribution in [0.4, 0.5) is 0 Å². The van der Waals surface area contributed by atoms with Crippen molar-refractivity contribution in [1.29, 1.82) is 0 Å². The molecule has 4 heteroatoms. The highest BCUT2D eigenvalue weighted by Gasteiger charge is 2.27. The summed E-state index contributed by atoms with van der Waals surface area (Å²) in [6.45, 7) is 8.83. The van der Waals surface area contributed by atoms with Crippen LogP contribution in [0.2, 0.25) is 0 Å². The Morgan fingerprint density at radius 3 is 1.17 bits per heavy atom. The molecular weight excluding hydrogens is 549 g/mol. The molecule has 42 heavy (non-hydrogen) atoms. The van der Waals surface area contributed by atoms with Gasteiger partial charge < -0.3 is 0 Å². The molecule has 206 valence electrons. The van der Waals surface area contributed by atoms with Gasteiger partial charge in [-0.05, 0) is 82.3 Å². The maximum Gasteiger partial charge on any atom is 0.0984 e. The van der Waals surface area contributed by atoms with Gasteiger partial charge in [-0.3, -0.25) is 9.98 Å². The molecule has 0 saturated heterocycles. The van der Waals surface area contributed by atoms with E-state index in [1.54, 1.807) is 0 Å². The SMILES string of the molecule is CC1(C)CSC(c2ccc(-c3ccc4ccc5c(-c6ccc(C7=NC(C)(C)CS7)cc6)ccc6ccc3c4c65)cc2)=N1. The summed E-state index contributed by atoms with van der Waals surface area (Å²) in [4.78, 5) is 9.87. The Labute approximate surface area is 255 Å². The third kappa shape index (κ3) is 4.35. The van der Waals surface area contributed by atoms with E-state index in [0.29, 0.717) is 0 Å². The fraction of sp³-hybridized carbons (Fsp3) is 0.211. The molecule has 0 amide bonds. The molecule has 2 aliphatic rings. The molecule has 2 heterocycles. The lowest BCUT2D eigenvalue weighted by Crippen LogP contribution is -2.15. The van der Waals surface area contributed by atoms with E-state index in [-0.39, 0.29) is 11.1 Å². The molecule has 6 aromatic rings. The maximum atomic E-state index is 4.93.